The lowest BCUT2D eigenvalue weighted by Crippen LogP contribution is -2.40. The molecule has 2 saturated heterocycles. The Morgan fingerprint density at radius 2 is 1.62 bits per heavy atom. The van der Waals surface area contributed by atoms with Crippen molar-refractivity contribution in [1.82, 2.24) is 10.2 Å². The Morgan fingerprint density at radius 1 is 1.00 bits per heavy atom. The highest BCUT2D eigenvalue weighted by atomic mass is 19.1. The standard InChI is InChI=1S/C17H24F2N2/c18-15-2-1-3-16(19)17(15)14-6-10-21(11-7-14)12-13-4-8-20-9-5-13/h1-3,13-14,20H,4-12H2. The molecule has 0 aromatic heterocycles. The normalized spacial score (nSPS) is 22.6. The number of hydrogen-bond donors (Lipinski definition) is 1. The van der Waals surface area contributed by atoms with Crippen LogP contribution >= 0.6 is 0 Å². The summed E-state index contributed by atoms with van der Waals surface area (Å²) in [5.74, 6) is 0.0575. The monoisotopic (exact) mass is 294 g/mol. The first kappa shape index (κ1) is 14.9. The molecular weight excluding hydrogens is 270 g/mol. The highest BCUT2D eigenvalue weighted by molar-refractivity contribution is 5.24. The molecule has 0 radical (unpaired) electrons. The number of nitrogens with zero attached hydrogens (tertiary/aromatic N) is 1. The molecule has 116 valence electrons. The molecule has 21 heavy (non-hydrogen) atoms. The van der Waals surface area contributed by atoms with E-state index in [9.17, 15) is 8.78 Å². The fourth-order valence-electron chi connectivity index (χ4n) is 3.73. The summed E-state index contributed by atoms with van der Waals surface area (Å²) in [5.41, 5.74) is 0.305. The molecule has 0 atom stereocenters. The van der Waals surface area contributed by atoms with E-state index in [0.717, 1.165) is 51.5 Å². The molecule has 0 unspecified atom stereocenters. The van der Waals surface area contributed by atoms with Gasteiger partial charge in [0.05, 0.1) is 0 Å². The minimum Gasteiger partial charge on any atom is -0.317 e. The molecule has 1 aromatic rings. The van der Waals surface area contributed by atoms with Crippen LogP contribution < -0.4 is 5.32 Å². The van der Waals surface area contributed by atoms with Crippen LogP contribution in [0.15, 0.2) is 18.2 Å². The van der Waals surface area contributed by atoms with Crippen molar-refractivity contribution < 1.29 is 8.78 Å². The van der Waals surface area contributed by atoms with Gasteiger partial charge in [-0.2, -0.15) is 0 Å². The van der Waals surface area contributed by atoms with Gasteiger partial charge < -0.3 is 10.2 Å². The number of piperidine rings is 2. The summed E-state index contributed by atoms with van der Waals surface area (Å²) in [6.45, 7) is 5.32. The summed E-state index contributed by atoms with van der Waals surface area (Å²) < 4.78 is 27.7. The first-order valence-electron chi connectivity index (χ1n) is 8.11. The van der Waals surface area contributed by atoms with Gasteiger partial charge in [0, 0.05) is 12.1 Å². The zero-order valence-corrected chi connectivity index (χ0v) is 12.5. The van der Waals surface area contributed by atoms with Crippen LogP contribution in [-0.2, 0) is 0 Å². The lowest BCUT2D eigenvalue weighted by molar-refractivity contribution is 0.165. The highest BCUT2D eigenvalue weighted by Gasteiger charge is 2.26. The first-order valence-corrected chi connectivity index (χ1v) is 8.11. The molecule has 2 aliphatic heterocycles. The maximum Gasteiger partial charge on any atom is 0.129 e. The van der Waals surface area contributed by atoms with Crippen LogP contribution in [0.3, 0.4) is 0 Å². The Labute approximate surface area is 125 Å². The van der Waals surface area contributed by atoms with Crippen molar-refractivity contribution in [2.45, 2.75) is 31.6 Å². The minimum atomic E-state index is -0.383. The SMILES string of the molecule is Fc1cccc(F)c1C1CCN(CC2CCNCC2)CC1. The van der Waals surface area contributed by atoms with Gasteiger partial charge in [0.1, 0.15) is 11.6 Å². The summed E-state index contributed by atoms with van der Waals surface area (Å²) >= 11 is 0. The molecule has 1 N–H and O–H groups in total. The van der Waals surface area contributed by atoms with Gasteiger partial charge in [-0.25, -0.2) is 8.78 Å². The molecular formula is C17H24F2N2. The van der Waals surface area contributed by atoms with Crippen molar-refractivity contribution in [3.8, 4) is 0 Å². The minimum absolute atomic E-state index is 0.0375. The van der Waals surface area contributed by atoms with Crippen LogP contribution in [-0.4, -0.2) is 37.6 Å². The highest BCUT2D eigenvalue weighted by Crippen LogP contribution is 2.32. The van der Waals surface area contributed by atoms with Gasteiger partial charge in [-0.05, 0) is 75.8 Å². The Balaban J connectivity index is 1.55. The topological polar surface area (TPSA) is 15.3 Å². The molecule has 2 heterocycles. The Bertz CT molecular complexity index is 444. The van der Waals surface area contributed by atoms with Crippen molar-refractivity contribution in [3.63, 3.8) is 0 Å². The zero-order valence-electron chi connectivity index (χ0n) is 12.5. The molecule has 2 nitrogen and oxygen atoms in total. The molecule has 0 amide bonds. The van der Waals surface area contributed by atoms with Gasteiger partial charge in [-0.15, -0.1) is 0 Å². The van der Waals surface area contributed by atoms with E-state index >= 15 is 0 Å². The van der Waals surface area contributed by atoms with E-state index in [0.29, 0.717) is 5.56 Å². The molecule has 4 heteroatoms. The summed E-state index contributed by atoms with van der Waals surface area (Å²) in [7, 11) is 0. The van der Waals surface area contributed by atoms with Gasteiger partial charge in [-0.1, -0.05) is 6.07 Å². The average molecular weight is 294 g/mol. The molecule has 1 aromatic carbocycles. The van der Waals surface area contributed by atoms with Gasteiger partial charge in [-0.3, -0.25) is 0 Å². The largest absolute Gasteiger partial charge is 0.317 e. The van der Waals surface area contributed by atoms with Crippen molar-refractivity contribution in [3.05, 3.63) is 35.4 Å². The van der Waals surface area contributed by atoms with Gasteiger partial charge in [0.15, 0.2) is 0 Å². The number of likely N-dealkylation sites (tertiary alicyclic amines) is 1. The average Bonchev–Trinajstić information content (AvgIpc) is 2.50. The van der Waals surface area contributed by atoms with Crippen LogP contribution in [0.1, 0.15) is 37.2 Å². The molecule has 0 spiro atoms. The predicted octanol–water partition coefficient (Wildman–Crippen LogP) is 3.14. The third-order valence-corrected chi connectivity index (χ3v) is 4.97. The van der Waals surface area contributed by atoms with Crippen LogP contribution in [0.25, 0.3) is 0 Å². The van der Waals surface area contributed by atoms with Gasteiger partial charge in [0.2, 0.25) is 0 Å². The number of benzene rings is 1. The number of rotatable bonds is 3. The third-order valence-electron chi connectivity index (χ3n) is 4.97. The molecule has 2 aliphatic rings. The van der Waals surface area contributed by atoms with Crippen LogP contribution in [0.2, 0.25) is 0 Å². The van der Waals surface area contributed by atoms with Crippen LogP contribution in [0, 0.1) is 17.6 Å². The Hall–Kier alpha value is -1.00. The maximum atomic E-state index is 13.8. The summed E-state index contributed by atoms with van der Waals surface area (Å²) in [5, 5.41) is 3.39. The van der Waals surface area contributed by atoms with E-state index in [1.54, 1.807) is 0 Å². The van der Waals surface area contributed by atoms with E-state index in [2.05, 4.69) is 10.2 Å². The van der Waals surface area contributed by atoms with Crippen LogP contribution in [0.4, 0.5) is 8.78 Å². The van der Waals surface area contributed by atoms with E-state index in [1.165, 1.54) is 31.0 Å². The Morgan fingerprint density at radius 3 is 2.24 bits per heavy atom. The smallest absolute Gasteiger partial charge is 0.129 e. The molecule has 2 fully saturated rings. The summed E-state index contributed by atoms with van der Waals surface area (Å²) in [6, 6.07) is 4.19. The number of hydrogen-bond acceptors (Lipinski definition) is 2. The van der Waals surface area contributed by atoms with Gasteiger partial charge in [0.25, 0.3) is 0 Å². The Kier molecular flexibility index (Phi) is 4.86. The predicted molar refractivity (Wildman–Crippen MR) is 80.4 cm³/mol. The second kappa shape index (κ2) is 6.84. The fraction of sp³-hybridized carbons (Fsp3) is 0.647. The van der Waals surface area contributed by atoms with Crippen molar-refractivity contribution in [2.75, 3.05) is 32.7 Å². The summed E-state index contributed by atoms with van der Waals surface area (Å²) in [6.07, 6.45) is 4.23. The maximum absolute atomic E-state index is 13.8. The van der Waals surface area contributed by atoms with E-state index in [1.807, 2.05) is 0 Å². The zero-order chi connectivity index (χ0) is 14.7. The van der Waals surface area contributed by atoms with E-state index in [-0.39, 0.29) is 17.6 Å². The third kappa shape index (κ3) is 3.61. The first-order chi connectivity index (χ1) is 10.2. The quantitative estimate of drug-likeness (QED) is 0.921. The summed E-state index contributed by atoms with van der Waals surface area (Å²) in [4.78, 5) is 2.48. The van der Waals surface area contributed by atoms with Gasteiger partial charge >= 0.3 is 0 Å². The molecule has 0 saturated carbocycles. The number of nitrogens with one attached hydrogen (secondary N) is 1. The second-order valence-electron chi connectivity index (χ2n) is 6.40. The lowest BCUT2D eigenvalue weighted by atomic mass is 9.88. The number of halogens is 2. The van der Waals surface area contributed by atoms with Crippen molar-refractivity contribution >= 4 is 0 Å². The molecule has 0 bridgehead atoms. The van der Waals surface area contributed by atoms with E-state index in [4.69, 9.17) is 0 Å². The molecule has 0 aliphatic carbocycles. The second-order valence-corrected chi connectivity index (χ2v) is 6.40. The van der Waals surface area contributed by atoms with Crippen molar-refractivity contribution in [1.29, 1.82) is 0 Å². The lowest BCUT2D eigenvalue weighted by Gasteiger charge is -2.35. The van der Waals surface area contributed by atoms with Crippen LogP contribution in [0.5, 0.6) is 0 Å². The molecule has 3 rings (SSSR count). The fourth-order valence-corrected chi connectivity index (χ4v) is 3.73. The van der Waals surface area contributed by atoms with E-state index < -0.39 is 0 Å². The van der Waals surface area contributed by atoms with Crippen molar-refractivity contribution in [2.24, 2.45) is 5.92 Å².